The fraction of sp³-hybridized carbons (Fsp3) is 0.444. The highest BCUT2D eigenvalue weighted by molar-refractivity contribution is 6.00. The van der Waals surface area contributed by atoms with Crippen LogP contribution in [0, 0.1) is 35.4 Å². The molecule has 0 bridgehead atoms. The summed E-state index contributed by atoms with van der Waals surface area (Å²) in [6, 6.07) is 0.784. The molecule has 6 unspecified atom stereocenters. The number of hydrogen-bond acceptors (Lipinski definition) is 8. The molecule has 2 aliphatic rings. The Bertz CT molecular complexity index is 1410. The van der Waals surface area contributed by atoms with Crippen LogP contribution in [0.4, 0.5) is 17.6 Å². The predicted molar refractivity (Wildman–Crippen MR) is 134 cm³/mol. The minimum Gasteiger partial charge on any atom is -0.507 e. The van der Waals surface area contributed by atoms with Crippen LogP contribution >= 0.6 is 0 Å². The molecule has 2 aromatic rings. The van der Waals surface area contributed by atoms with E-state index in [4.69, 9.17) is 4.74 Å². The smallest absolute Gasteiger partial charge is 0.329 e. The van der Waals surface area contributed by atoms with Crippen LogP contribution < -0.4 is 16.0 Å². The van der Waals surface area contributed by atoms with Gasteiger partial charge in [-0.2, -0.15) is 18.2 Å². The zero-order chi connectivity index (χ0) is 30.9. The summed E-state index contributed by atoms with van der Waals surface area (Å²) >= 11 is 0. The second-order valence-corrected chi connectivity index (χ2v) is 10.3. The van der Waals surface area contributed by atoms with Crippen LogP contribution in [0.3, 0.4) is 0 Å². The number of aliphatic hydroxyl groups excluding tert-OH is 1. The van der Waals surface area contributed by atoms with E-state index in [0.29, 0.717) is 12.8 Å². The van der Waals surface area contributed by atoms with Gasteiger partial charge in [0.05, 0.1) is 23.6 Å². The molecule has 1 aliphatic heterocycles. The van der Waals surface area contributed by atoms with Crippen molar-refractivity contribution in [3.63, 3.8) is 0 Å². The van der Waals surface area contributed by atoms with Crippen molar-refractivity contribution in [2.75, 3.05) is 0 Å². The second kappa shape index (κ2) is 12.3. The summed E-state index contributed by atoms with van der Waals surface area (Å²) in [6.07, 6.45) is -3.14. The number of rotatable bonds is 5. The number of aromatic nitrogens is 1. The molecule has 1 aliphatic carbocycles. The van der Waals surface area contributed by atoms with Crippen molar-refractivity contribution in [2.45, 2.75) is 63.4 Å². The maximum Gasteiger partial charge on any atom is 0.329 e. The van der Waals surface area contributed by atoms with Crippen molar-refractivity contribution in [1.29, 1.82) is 0 Å². The van der Waals surface area contributed by atoms with Crippen molar-refractivity contribution >= 4 is 23.7 Å². The number of amides is 3. The van der Waals surface area contributed by atoms with Gasteiger partial charge in [0.2, 0.25) is 23.6 Å². The topological polar surface area (TPSA) is 167 Å². The number of nitrogens with zero attached hydrogens (tertiary/aromatic N) is 1. The maximum atomic E-state index is 14.5. The molecule has 11 nitrogen and oxygen atoms in total. The third-order valence-electron chi connectivity index (χ3n) is 7.31. The molecule has 1 aromatic heterocycles. The SMILES string of the molecule is CC1OC(=O)C(C2CC2)NC(=O)C(C)C(O)C(Cc2c(F)nc(F)c(F)c2F)NC(=O)C1NC(=O)c1ccccc1O. The molecule has 6 atom stereocenters. The quantitative estimate of drug-likeness (QED) is 0.194. The monoisotopic (exact) mass is 596 g/mol. The lowest BCUT2D eigenvalue weighted by Crippen LogP contribution is -2.61. The third-order valence-corrected chi connectivity index (χ3v) is 7.31. The molecular weight excluding hydrogens is 568 g/mol. The van der Waals surface area contributed by atoms with Crippen LogP contribution in [0.15, 0.2) is 24.3 Å². The fourth-order valence-corrected chi connectivity index (χ4v) is 4.63. The average molecular weight is 597 g/mol. The van der Waals surface area contributed by atoms with Gasteiger partial charge in [0.15, 0.2) is 5.82 Å². The molecule has 3 amide bonds. The Labute approximate surface area is 236 Å². The number of phenols is 1. The highest BCUT2D eigenvalue weighted by Gasteiger charge is 2.44. The predicted octanol–water partition coefficient (Wildman–Crippen LogP) is 1.01. The van der Waals surface area contributed by atoms with Crippen molar-refractivity contribution < 1.29 is 51.7 Å². The molecule has 42 heavy (non-hydrogen) atoms. The summed E-state index contributed by atoms with van der Waals surface area (Å²) in [5, 5.41) is 28.3. The second-order valence-electron chi connectivity index (χ2n) is 10.3. The number of aromatic hydroxyl groups is 1. The van der Waals surface area contributed by atoms with Gasteiger partial charge in [0.1, 0.15) is 23.9 Å². The zero-order valence-corrected chi connectivity index (χ0v) is 22.4. The lowest BCUT2D eigenvalue weighted by atomic mass is 9.91. The van der Waals surface area contributed by atoms with Gasteiger partial charge in [-0.3, -0.25) is 14.4 Å². The Morgan fingerprint density at radius 2 is 1.69 bits per heavy atom. The van der Waals surface area contributed by atoms with Crippen LogP contribution in [0.1, 0.15) is 42.6 Å². The summed E-state index contributed by atoms with van der Waals surface area (Å²) in [7, 11) is 0. The van der Waals surface area contributed by atoms with E-state index in [-0.39, 0.29) is 11.5 Å². The molecule has 4 rings (SSSR count). The van der Waals surface area contributed by atoms with Crippen LogP contribution in [0.2, 0.25) is 0 Å². The molecule has 2 fully saturated rings. The number of carbonyl (C=O) groups excluding carboxylic acids is 4. The first-order valence-electron chi connectivity index (χ1n) is 13.1. The number of esters is 1. The first-order chi connectivity index (χ1) is 19.8. The van der Waals surface area contributed by atoms with E-state index in [2.05, 4.69) is 20.9 Å². The number of benzene rings is 1. The van der Waals surface area contributed by atoms with Gasteiger partial charge >= 0.3 is 5.97 Å². The summed E-state index contributed by atoms with van der Waals surface area (Å²) in [4.78, 5) is 55.2. The number of nitrogens with one attached hydrogen (secondary N) is 3. The van der Waals surface area contributed by atoms with E-state index < -0.39 is 101 Å². The Hall–Kier alpha value is -4.27. The van der Waals surface area contributed by atoms with Gasteiger partial charge in [0, 0.05) is 12.0 Å². The van der Waals surface area contributed by atoms with Gasteiger partial charge < -0.3 is 30.9 Å². The first-order valence-corrected chi connectivity index (χ1v) is 13.1. The minimum atomic E-state index is -2.09. The normalized spacial score (nSPS) is 27.2. The highest BCUT2D eigenvalue weighted by Crippen LogP contribution is 2.34. The Kier molecular flexibility index (Phi) is 8.99. The summed E-state index contributed by atoms with van der Waals surface area (Å²) in [6.45, 7) is 2.48. The lowest BCUT2D eigenvalue weighted by molar-refractivity contribution is -0.156. The number of pyridine rings is 1. The van der Waals surface area contributed by atoms with E-state index in [9.17, 15) is 47.0 Å². The number of halogens is 4. The van der Waals surface area contributed by atoms with E-state index >= 15 is 0 Å². The lowest BCUT2D eigenvalue weighted by Gasteiger charge is -2.33. The largest absolute Gasteiger partial charge is 0.507 e. The van der Waals surface area contributed by atoms with Crippen molar-refractivity contribution in [1.82, 2.24) is 20.9 Å². The Morgan fingerprint density at radius 1 is 1.02 bits per heavy atom. The summed E-state index contributed by atoms with van der Waals surface area (Å²) in [5.41, 5.74) is -1.36. The number of hydrogen-bond donors (Lipinski definition) is 5. The molecule has 1 aromatic carbocycles. The van der Waals surface area contributed by atoms with Gasteiger partial charge in [-0.15, -0.1) is 0 Å². The Morgan fingerprint density at radius 3 is 2.33 bits per heavy atom. The molecule has 5 N–H and O–H groups in total. The molecule has 0 spiro atoms. The highest BCUT2D eigenvalue weighted by atomic mass is 19.2. The van der Waals surface area contributed by atoms with Gasteiger partial charge in [0.25, 0.3) is 11.9 Å². The van der Waals surface area contributed by atoms with E-state index in [1.807, 2.05) is 0 Å². The van der Waals surface area contributed by atoms with E-state index in [1.165, 1.54) is 38.1 Å². The van der Waals surface area contributed by atoms with Crippen LogP contribution in [-0.2, 0) is 25.5 Å². The summed E-state index contributed by atoms with van der Waals surface area (Å²) < 4.78 is 61.8. The minimum absolute atomic E-state index is 0.236. The number of ether oxygens (including phenoxy) is 1. The number of phenolic OH excluding ortho intramolecular Hbond substituents is 1. The zero-order valence-electron chi connectivity index (χ0n) is 22.4. The van der Waals surface area contributed by atoms with Crippen molar-refractivity contribution in [2.24, 2.45) is 11.8 Å². The van der Waals surface area contributed by atoms with E-state index in [0.717, 1.165) is 0 Å². The van der Waals surface area contributed by atoms with Gasteiger partial charge in [-0.05, 0) is 37.8 Å². The van der Waals surface area contributed by atoms with Crippen molar-refractivity contribution in [3.8, 4) is 5.75 Å². The van der Waals surface area contributed by atoms with Gasteiger partial charge in [-0.1, -0.05) is 19.1 Å². The van der Waals surface area contributed by atoms with Crippen LogP contribution in [0.5, 0.6) is 5.75 Å². The number of cyclic esters (lactones) is 1. The van der Waals surface area contributed by atoms with E-state index in [1.54, 1.807) is 0 Å². The van der Waals surface area contributed by atoms with Crippen LogP contribution in [-0.4, -0.2) is 69.2 Å². The third kappa shape index (κ3) is 6.45. The molecule has 1 saturated heterocycles. The molecule has 0 radical (unpaired) electrons. The average Bonchev–Trinajstić information content (AvgIpc) is 3.78. The maximum absolute atomic E-state index is 14.5. The van der Waals surface area contributed by atoms with Crippen molar-refractivity contribution in [3.05, 3.63) is 58.9 Å². The Balaban J connectivity index is 1.73. The molecule has 15 heteroatoms. The van der Waals surface area contributed by atoms with Gasteiger partial charge in [-0.25, -0.2) is 9.18 Å². The molecule has 2 heterocycles. The fourth-order valence-electron chi connectivity index (χ4n) is 4.63. The van der Waals surface area contributed by atoms with Crippen LogP contribution in [0.25, 0.3) is 0 Å². The first kappa shape index (κ1) is 30.7. The number of carbonyl (C=O) groups is 4. The molecule has 1 saturated carbocycles. The molecular formula is C27H28F4N4O7. The number of para-hydroxylation sites is 1. The number of aliphatic hydroxyl groups is 1. The standard InChI is InChI=1S/C27H28F4N4O7/c1-10-21(37)15(9-14-17(28)18(29)23(31)35-22(14)30)32-26(40)19(33-25(39)13-5-3-4-6-16(13)36)11(2)42-27(41)20(12-7-8-12)34-24(10)38/h3-6,10-12,15,19-21,36-37H,7-9H2,1-2H3,(H,32,40)(H,33,39)(H,34,38). The molecule has 226 valence electrons. The summed E-state index contributed by atoms with van der Waals surface area (Å²) in [5.74, 6) is -13.8.